The van der Waals surface area contributed by atoms with E-state index in [0.29, 0.717) is 0 Å². The van der Waals surface area contributed by atoms with Crippen LogP contribution in [-0.4, -0.2) is 24.6 Å². The Kier molecular flexibility index (Phi) is 19.2. The monoisotopic (exact) mass is 768 g/mol. The predicted octanol–water partition coefficient (Wildman–Crippen LogP) is 4.21. The standard InChI is InChI=1S/2C17H24P.2ClH.Hf/c2*1-5-9-18(10-6-2)15-11-16-13(3)7-8-14(4)17(16)12-15;;;/h2*7-8,11-12H,5-6,9-10H2,1-4H3;2*1H;/q2*-1;;;+4/p-2. The summed E-state index contributed by atoms with van der Waals surface area (Å²) in [5.41, 5.74) is 5.68. The average Bonchev–Trinajstić information content (AvgIpc) is 3.51. The molecular formula is C34H48Cl2HfP2. The number of rotatable bonds is 10. The molecule has 0 saturated heterocycles. The minimum absolute atomic E-state index is 0. The van der Waals surface area contributed by atoms with Crippen LogP contribution in [0.25, 0.3) is 21.5 Å². The maximum absolute atomic E-state index is 2.47. The molecule has 4 aromatic carbocycles. The summed E-state index contributed by atoms with van der Waals surface area (Å²) >= 11 is 0. The van der Waals surface area contributed by atoms with Gasteiger partial charge in [-0.2, -0.15) is 12.1 Å². The summed E-state index contributed by atoms with van der Waals surface area (Å²) in [5.74, 6) is 0. The minimum atomic E-state index is 0. The average molecular weight is 768 g/mol. The van der Waals surface area contributed by atoms with E-state index in [2.05, 4.69) is 104 Å². The Morgan fingerprint density at radius 3 is 1.05 bits per heavy atom. The van der Waals surface area contributed by atoms with Gasteiger partial charge in [0.05, 0.1) is 0 Å². The van der Waals surface area contributed by atoms with E-state index in [1.54, 1.807) is 10.6 Å². The van der Waals surface area contributed by atoms with Crippen LogP contribution < -0.4 is 35.4 Å². The van der Waals surface area contributed by atoms with Gasteiger partial charge in [0.25, 0.3) is 0 Å². The molecule has 0 atom stereocenters. The number of hydrogen-bond acceptors (Lipinski definition) is 0. The Morgan fingerprint density at radius 1 is 0.513 bits per heavy atom. The van der Waals surface area contributed by atoms with Gasteiger partial charge in [-0.05, 0) is 38.5 Å². The Balaban J connectivity index is 0.000000688. The normalized spacial score (nSPS) is 10.7. The number of fused-ring (bicyclic) bond motifs is 2. The molecule has 0 aliphatic heterocycles. The van der Waals surface area contributed by atoms with Crippen LogP contribution in [0.15, 0.2) is 48.5 Å². The first kappa shape index (κ1) is 39.0. The molecule has 0 saturated carbocycles. The molecule has 0 fully saturated rings. The molecule has 0 heterocycles. The van der Waals surface area contributed by atoms with Gasteiger partial charge >= 0.3 is 25.8 Å². The maximum atomic E-state index is 2.47. The van der Waals surface area contributed by atoms with Crippen molar-refractivity contribution in [3.63, 3.8) is 0 Å². The molecule has 4 rings (SSSR count). The summed E-state index contributed by atoms with van der Waals surface area (Å²) in [6.45, 7) is 18.2. The zero-order chi connectivity index (χ0) is 26.2. The van der Waals surface area contributed by atoms with Crippen LogP contribution in [0.4, 0.5) is 0 Å². The summed E-state index contributed by atoms with van der Waals surface area (Å²) in [4.78, 5) is 0. The van der Waals surface area contributed by atoms with Crippen LogP contribution in [0.5, 0.6) is 0 Å². The Hall–Kier alpha value is -0.0299. The Labute approximate surface area is 273 Å². The topological polar surface area (TPSA) is 0 Å². The number of halogens is 2. The summed E-state index contributed by atoms with van der Waals surface area (Å²) in [5, 5.41) is 9.16. The van der Waals surface area contributed by atoms with Crippen molar-refractivity contribution in [2.75, 3.05) is 24.6 Å². The van der Waals surface area contributed by atoms with Crippen LogP contribution >= 0.6 is 15.8 Å². The molecule has 0 nitrogen and oxygen atoms in total. The van der Waals surface area contributed by atoms with Gasteiger partial charge < -0.3 is 24.8 Å². The van der Waals surface area contributed by atoms with Gasteiger partial charge in [0.2, 0.25) is 0 Å². The summed E-state index contributed by atoms with van der Waals surface area (Å²) < 4.78 is 0. The van der Waals surface area contributed by atoms with Gasteiger partial charge in [0.1, 0.15) is 0 Å². The molecule has 0 radical (unpaired) electrons. The molecule has 0 unspecified atom stereocenters. The van der Waals surface area contributed by atoms with Crippen LogP contribution in [0, 0.1) is 27.7 Å². The van der Waals surface area contributed by atoms with Crippen molar-refractivity contribution < 1.29 is 50.7 Å². The minimum Gasteiger partial charge on any atom is -1.00 e. The number of aryl methyl sites for hydroxylation is 4. The van der Waals surface area contributed by atoms with Crippen molar-refractivity contribution in [3.05, 3.63) is 70.8 Å². The fourth-order valence-electron chi connectivity index (χ4n) is 5.33. The summed E-state index contributed by atoms with van der Waals surface area (Å²) in [6, 6.07) is 18.9. The number of benzene rings is 2. The molecule has 212 valence electrons. The maximum Gasteiger partial charge on any atom is 4.00 e. The third-order valence-electron chi connectivity index (χ3n) is 7.32. The van der Waals surface area contributed by atoms with E-state index in [1.165, 1.54) is 94.1 Å². The predicted molar refractivity (Wildman–Crippen MR) is 172 cm³/mol. The second kappa shape index (κ2) is 19.2. The van der Waals surface area contributed by atoms with E-state index in [-0.39, 0.29) is 66.5 Å². The van der Waals surface area contributed by atoms with Crippen LogP contribution in [-0.2, 0) is 25.8 Å². The van der Waals surface area contributed by atoms with Crippen molar-refractivity contribution in [1.29, 1.82) is 0 Å². The van der Waals surface area contributed by atoms with E-state index in [9.17, 15) is 0 Å². The van der Waals surface area contributed by atoms with Gasteiger partial charge in [0, 0.05) is 0 Å². The molecule has 0 bridgehead atoms. The van der Waals surface area contributed by atoms with Gasteiger partial charge in [0.15, 0.2) is 0 Å². The SMILES string of the molecule is CCCP(CCC)c1cc2c(C)ccc(C)c2[cH-]1.CCCP(CCC)c1cc2c(C)ccc(C)c2[cH-]1.[Cl-].[Cl-].[Hf+4]. The molecular weight excluding hydrogens is 720 g/mol. The van der Waals surface area contributed by atoms with Crippen molar-refractivity contribution in [2.45, 2.75) is 81.1 Å². The number of hydrogen-bond donors (Lipinski definition) is 0. The van der Waals surface area contributed by atoms with Gasteiger partial charge in [-0.25, -0.2) is 0 Å². The molecule has 4 aromatic rings. The third kappa shape index (κ3) is 10.0. The van der Waals surface area contributed by atoms with E-state index < -0.39 is 0 Å². The first-order chi connectivity index (χ1) is 17.3. The van der Waals surface area contributed by atoms with E-state index >= 15 is 0 Å². The van der Waals surface area contributed by atoms with Crippen molar-refractivity contribution in [2.24, 2.45) is 0 Å². The molecule has 39 heavy (non-hydrogen) atoms. The second-order valence-corrected chi connectivity index (χ2v) is 15.4. The summed E-state index contributed by atoms with van der Waals surface area (Å²) in [7, 11) is 0.145. The van der Waals surface area contributed by atoms with Gasteiger partial charge in [-0.15, -0.1) is 67.5 Å². The van der Waals surface area contributed by atoms with E-state index in [4.69, 9.17) is 0 Å². The molecule has 5 heteroatoms. The Bertz CT molecular complexity index is 1070. The molecule has 0 N–H and O–H groups in total. The van der Waals surface area contributed by atoms with Crippen LogP contribution in [0.2, 0.25) is 0 Å². The quantitative estimate of drug-likeness (QED) is 0.129. The Morgan fingerprint density at radius 2 is 0.795 bits per heavy atom. The zero-order valence-corrected chi connectivity index (χ0v) is 32.3. The van der Waals surface area contributed by atoms with Crippen molar-refractivity contribution in [3.8, 4) is 0 Å². The van der Waals surface area contributed by atoms with Crippen molar-refractivity contribution in [1.82, 2.24) is 0 Å². The van der Waals surface area contributed by atoms with E-state index in [0.717, 1.165) is 0 Å². The molecule has 0 spiro atoms. The van der Waals surface area contributed by atoms with Gasteiger partial charge in [-0.1, -0.05) is 106 Å². The second-order valence-electron chi connectivity index (χ2n) is 10.5. The smallest absolute Gasteiger partial charge is 1.00 e. The fourth-order valence-corrected chi connectivity index (χ4v) is 10.2. The first-order valence-corrected chi connectivity index (χ1v) is 17.6. The first-order valence-electron chi connectivity index (χ1n) is 14.2. The van der Waals surface area contributed by atoms with E-state index in [1.807, 2.05) is 0 Å². The fraction of sp³-hybridized carbons (Fsp3) is 0.471. The van der Waals surface area contributed by atoms with Crippen LogP contribution in [0.1, 0.15) is 75.6 Å². The third-order valence-corrected chi connectivity index (χ3v) is 13.2. The molecule has 0 amide bonds. The molecule has 0 aliphatic carbocycles. The van der Waals surface area contributed by atoms with Gasteiger partial charge in [-0.3, -0.25) is 0 Å². The largest absolute Gasteiger partial charge is 4.00 e. The van der Waals surface area contributed by atoms with Crippen molar-refractivity contribution >= 4 is 48.0 Å². The molecule has 0 aliphatic rings. The van der Waals surface area contributed by atoms with Crippen LogP contribution in [0.3, 0.4) is 0 Å². The zero-order valence-electron chi connectivity index (χ0n) is 25.4. The molecule has 0 aromatic heterocycles. The summed E-state index contributed by atoms with van der Waals surface area (Å²) in [6.07, 6.45) is 10.8.